The van der Waals surface area contributed by atoms with E-state index in [1.165, 1.54) is 11.1 Å². The van der Waals surface area contributed by atoms with Crippen molar-refractivity contribution in [3.8, 4) is 0 Å². The van der Waals surface area contributed by atoms with E-state index in [2.05, 4.69) is 35.8 Å². The van der Waals surface area contributed by atoms with Crippen molar-refractivity contribution in [1.29, 1.82) is 0 Å². The van der Waals surface area contributed by atoms with Crippen molar-refractivity contribution in [2.24, 2.45) is 11.3 Å². The molecular formula is C16H22N2O. The van der Waals surface area contributed by atoms with Crippen LogP contribution in [0.5, 0.6) is 0 Å². The smallest absolute Gasteiger partial charge is 0.223 e. The summed E-state index contributed by atoms with van der Waals surface area (Å²) in [6.45, 7) is 4.88. The average Bonchev–Trinajstić information content (AvgIpc) is 3.10. The fourth-order valence-electron chi connectivity index (χ4n) is 3.33. The van der Waals surface area contributed by atoms with Gasteiger partial charge >= 0.3 is 0 Å². The van der Waals surface area contributed by atoms with E-state index in [1.54, 1.807) is 0 Å². The van der Waals surface area contributed by atoms with Crippen molar-refractivity contribution in [3.05, 3.63) is 35.4 Å². The largest absolute Gasteiger partial charge is 0.352 e. The lowest BCUT2D eigenvalue weighted by atomic mass is 9.92. The maximum atomic E-state index is 12.2. The van der Waals surface area contributed by atoms with Crippen molar-refractivity contribution in [1.82, 2.24) is 10.6 Å². The van der Waals surface area contributed by atoms with Gasteiger partial charge < -0.3 is 10.6 Å². The molecule has 1 aromatic carbocycles. The van der Waals surface area contributed by atoms with E-state index in [-0.39, 0.29) is 11.8 Å². The van der Waals surface area contributed by atoms with Gasteiger partial charge in [-0.05, 0) is 50.3 Å². The molecule has 19 heavy (non-hydrogen) atoms. The van der Waals surface area contributed by atoms with E-state index in [4.69, 9.17) is 0 Å². The van der Waals surface area contributed by atoms with Crippen molar-refractivity contribution >= 4 is 5.91 Å². The summed E-state index contributed by atoms with van der Waals surface area (Å²) >= 11 is 0. The number of aryl methyl sites for hydroxylation is 1. The lowest BCUT2D eigenvalue weighted by molar-refractivity contribution is -0.123. The first-order valence-electron chi connectivity index (χ1n) is 7.24. The van der Waals surface area contributed by atoms with Crippen LogP contribution in [-0.2, 0) is 11.3 Å². The third-order valence-electron chi connectivity index (χ3n) is 4.65. The molecule has 1 unspecified atom stereocenters. The van der Waals surface area contributed by atoms with Gasteiger partial charge in [0.25, 0.3) is 0 Å². The average molecular weight is 258 g/mol. The molecule has 3 heteroatoms. The van der Waals surface area contributed by atoms with Crippen molar-refractivity contribution in [2.45, 2.75) is 32.7 Å². The molecule has 1 heterocycles. The van der Waals surface area contributed by atoms with Crippen LogP contribution in [0.15, 0.2) is 24.3 Å². The maximum Gasteiger partial charge on any atom is 0.223 e. The summed E-state index contributed by atoms with van der Waals surface area (Å²) in [6, 6.07) is 8.33. The molecule has 1 saturated heterocycles. The normalized spacial score (nSPS) is 24.2. The number of piperidine rings is 1. The predicted octanol–water partition coefficient (Wildman–Crippen LogP) is 2.00. The Balaban J connectivity index is 1.53. The van der Waals surface area contributed by atoms with Crippen LogP contribution in [0.4, 0.5) is 0 Å². The predicted molar refractivity (Wildman–Crippen MR) is 75.7 cm³/mol. The number of nitrogens with one attached hydrogen (secondary N) is 2. The number of rotatable bonds is 3. The Bertz CT molecular complexity index is 477. The van der Waals surface area contributed by atoms with Crippen LogP contribution in [0.3, 0.4) is 0 Å². The molecule has 1 amide bonds. The van der Waals surface area contributed by atoms with Gasteiger partial charge in [-0.1, -0.05) is 29.8 Å². The fraction of sp³-hybridized carbons (Fsp3) is 0.562. The Labute approximate surface area is 114 Å². The van der Waals surface area contributed by atoms with Crippen molar-refractivity contribution < 1.29 is 4.79 Å². The van der Waals surface area contributed by atoms with E-state index in [1.807, 2.05) is 6.07 Å². The first kappa shape index (κ1) is 12.7. The van der Waals surface area contributed by atoms with Crippen LogP contribution < -0.4 is 10.6 Å². The van der Waals surface area contributed by atoms with Gasteiger partial charge in [0.2, 0.25) is 5.91 Å². The van der Waals surface area contributed by atoms with E-state index < -0.39 is 0 Å². The number of benzene rings is 1. The van der Waals surface area contributed by atoms with Crippen LogP contribution in [-0.4, -0.2) is 19.0 Å². The maximum absolute atomic E-state index is 12.2. The first-order chi connectivity index (χ1) is 9.20. The molecule has 2 N–H and O–H groups in total. The van der Waals surface area contributed by atoms with Crippen LogP contribution >= 0.6 is 0 Å². The number of carbonyl (C=O) groups is 1. The first-order valence-corrected chi connectivity index (χ1v) is 7.24. The zero-order chi connectivity index (χ0) is 13.3. The zero-order valence-electron chi connectivity index (χ0n) is 11.5. The van der Waals surface area contributed by atoms with Gasteiger partial charge in [-0.2, -0.15) is 0 Å². The van der Waals surface area contributed by atoms with E-state index in [9.17, 15) is 4.79 Å². The number of amides is 1. The second-order valence-electron chi connectivity index (χ2n) is 6.08. The van der Waals surface area contributed by atoms with Crippen molar-refractivity contribution in [3.63, 3.8) is 0 Å². The van der Waals surface area contributed by atoms with E-state index in [0.29, 0.717) is 12.0 Å². The summed E-state index contributed by atoms with van der Waals surface area (Å²) in [5.74, 6) is 0.516. The van der Waals surface area contributed by atoms with Gasteiger partial charge in [0.15, 0.2) is 0 Å². The topological polar surface area (TPSA) is 41.1 Å². The standard InChI is InChI=1S/C16H22N2O/c1-12-3-2-4-13(9-12)11-18-15(19)14-10-16(14)5-7-17-8-6-16/h2-4,9,14,17H,5-8,10-11H2,1H3,(H,18,19). The summed E-state index contributed by atoms with van der Waals surface area (Å²) < 4.78 is 0. The second kappa shape index (κ2) is 4.97. The summed E-state index contributed by atoms with van der Waals surface area (Å²) in [5, 5.41) is 6.47. The highest BCUT2D eigenvalue weighted by Gasteiger charge is 2.57. The van der Waals surface area contributed by atoms with Gasteiger partial charge in [-0.15, -0.1) is 0 Å². The molecule has 1 spiro atoms. The van der Waals surface area contributed by atoms with E-state index >= 15 is 0 Å². The fourth-order valence-corrected chi connectivity index (χ4v) is 3.33. The Morgan fingerprint density at radius 2 is 2.21 bits per heavy atom. The monoisotopic (exact) mass is 258 g/mol. The lowest BCUT2D eigenvalue weighted by Crippen LogP contribution is -2.33. The van der Waals surface area contributed by atoms with Gasteiger partial charge in [-0.3, -0.25) is 4.79 Å². The Morgan fingerprint density at radius 1 is 1.42 bits per heavy atom. The molecule has 0 bridgehead atoms. The molecule has 1 saturated carbocycles. The summed E-state index contributed by atoms with van der Waals surface area (Å²) in [4.78, 5) is 12.2. The Morgan fingerprint density at radius 3 is 2.95 bits per heavy atom. The van der Waals surface area contributed by atoms with E-state index in [0.717, 1.165) is 32.4 Å². The lowest BCUT2D eigenvalue weighted by Gasteiger charge is -2.23. The quantitative estimate of drug-likeness (QED) is 0.870. The molecule has 3 nitrogen and oxygen atoms in total. The number of hydrogen-bond donors (Lipinski definition) is 2. The highest BCUT2D eigenvalue weighted by Crippen LogP contribution is 2.58. The minimum absolute atomic E-state index is 0.253. The van der Waals surface area contributed by atoms with Crippen LogP contribution in [0.25, 0.3) is 0 Å². The molecule has 2 fully saturated rings. The SMILES string of the molecule is Cc1cccc(CNC(=O)C2CC23CCNCC3)c1. The van der Waals surface area contributed by atoms with Crippen LogP contribution in [0.2, 0.25) is 0 Å². The van der Waals surface area contributed by atoms with Crippen LogP contribution in [0.1, 0.15) is 30.4 Å². The second-order valence-corrected chi connectivity index (χ2v) is 6.08. The third kappa shape index (κ3) is 2.66. The van der Waals surface area contributed by atoms with Gasteiger partial charge in [0.1, 0.15) is 0 Å². The molecular weight excluding hydrogens is 236 g/mol. The molecule has 2 aliphatic rings. The summed E-state index contributed by atoms with van der Waals surface area (Å²) in [6.07, 6.45) is 3.42. The minimum atomic E-state index is 0.253. The van der Waals surface area contributed by atoms with Gasteiger partial charge in [0.05, 0.1) is 0 Å². The highest BCUT2D eigenvalue weighted by atomic mass is 16.2. The number of carbonyl (C=O) groups excluding carboxylic acids is 1. The van der Waals surface area contributed by atoms with Crippen molar-refractivity contribution in [2.75, 3.05) is 13.1 Å². The number of hydrogen-bond acceptors (Lipinski definition) is 2. The molecule has 0 aromatic heterocycles. The molecule has 1 aliphatic carbocycles. The molecule has 3 rings (SSSR count). The molecule has 1 aliphatic heterocycles. The summed E-state index contributed by atoms with van der Waals surface area (Å²) in [7, 11) is 0. The minimum Gasteiger partial charge on any atom is -0.352 e. The third-order valence-corrected chi connectivity index (χ3v) is 4.65. The Kier molecular flexibility index (Phi) is 3.31. The molecule has 1 aromatic rings. The highest BCUT2D eigenvalue weighted by molar-refractivity contribution is 5.82. The van der Waals surface area contributed by atoms with Crippen LogP contribution in [0, 0.1) is 18.3 Å². The summed E-state index contributed by atoms with van der Waals surface area (Å²) in [5.41, 5.74) is 2.77. The molecule has 102 valence electrons. The zero-order valence-corrected chi connectivity index (χ0v) is 11.5. The van der Waals surface area contributed by atoms with Gasteiger partial charge in [0, 0.05) is 12.5 Å². The Hall–Kier alpha value is -1.35. The van der Waals surface area contributed by atoms with Gasteiger partial charge in [-0.25, -0.2) is 0 Å². The molecule has 1 atom stereocenters. The molecule has 0 radical (unpaired) electrons.